The van der Waals surface area contributed by atoms with Crippen molar-refractivity contribution >= 4 is 24.0 Å². The lowest BCUT2D eigenvalue weighted by Crippen LogP contribution is -2.13. The molecule has 1 aromatic heterocycles. The zero-order valence-electron chi connectivity index (χ0n) is 12.7. The van der Waals surface area contributed by atoms with Gasteiger partial charge in [0.05, 0.1) is 11.3 Å². The van der Waals surface area contributed by atoms with Gasteiger partial charge in [-0.15, -0.1) is 12.4 Å². The molecule has 0 fully saturated rings. The molecule has 0 aliphatic rings. The van der Waals surface area contributed by atoms with E-state index in [2.05, 4.69) is 10.4 Å². The van der Waals surface area contributed by atoms with Crippen molar-refractivity contribution in [2.75, 3.05) is 18.5 Å². The molecule has 2 aromatic rings. The Kier molecular flexibility index (Phi) is 6.88. The number of amides is 1. The molecule has 2 rings (SSSR count). The van der Waals surface area contributed by atoms with E-state index in [1.54, 1.807) is 42.2 Å². The summed E-state index contributed by atoms with van der Waals surface area (Å²) in [7, 11) is 1.81. The van der Waals surface area contributed by atoms with Gasteiger partial charge in [-0.1, -0.05) is 6.92 Å². The van der Waals surface area contributed by atoms with Crippen LogP contribution in [0.15, 0.2) is 30.5 Å². The molecule has 1 aromatic carbocycles. The maximum absolute atomic E-state index is 12.3. The van der Waals surface area contributed by atoms with Crippen LogP contribution in [0.25, 0.3) is 0 Å². The third-order valence-electron chi connectivity index (χ3n) is 2.98. The molecule has 0 unspecified atom stereocenters. The molecule has 0 saturated carbocycles. The summed E-state index contributed by atoms with van der Waals surface area (Å²) in [5, 5.41) is 7.12. The summed E-state index contributed by atoms with van der Waals surface area (Å²) in [6, 6.07) is 7.20. The number of benzene rings is 1. The van der Waals surface area contributed by atoms with Crippen LogP contribution in [0.1, 0.15) is 23.0 Å². The van der Waals surface area contributed by atoms with Crippen molar-refractivity contribution in [3.05, 3.63) is 41.7 Å². The molecule has 0 aliphatic carbocycles. The van der Waals surface area contributed by atoms with E-state index < -0.39 is 0 Å². The van der Waals surface area contributed by atoms with Crippen LogP contribution in [0, 0.1) is 0 Å². The van der Waals surface area contributed by atoms with Crippen LogP contribution in [-0.4, -0.2) is 28.8 Å². The van der Waals surface area contributed by atoms with Crippen LogP contribution in [0.2, 0.25) is 0 Å². The smallest absolute Gasteiger partial charge is 0.259 e. The first kappa shape index (κ1) is 18.0. The molecule has 0 aliphatic heterocycles. The zero-order chi connectivity index (χ0) is 15.2. The molecule has 3 N–H and O–H groups in total. The minimum atomic E-state index is -0.157. The first-order valence-electron chi connectivity index (χ1n) is 6.90. The minimum Gasteiger partial charge on any atom is -0.492 e. The van der Waals surface area contributed by atoms with Crippen LogP contribution < -0.4 is 15.8 Å². The third-order valence-corrected chi connectivity index (χ3v) is 2.98. The Bertz CT molecular complexity index is 611. The number of hydrogen-bond donors (Lipinski definition) is 2. The number of carbonyl (C=O) groups is 1. The van der Waals surface area contributed by atoms with Gasteiger partial charge in [-0.25, -0.2) is 0 Å². The molecule has 0 radical (unpaired) electrons. The number of aryl methyl sites for hydroxylation is 2. The Balaban J connectivity index is 0.00000242. The predicted molar refractivity (Wildman–Crippen MR) is 88.8 cm³/mol. The van der Waals surface area contributed by atoms with Crippen molar-refractivity contribution in [2.24, 2.45) is 12.8 Å². The highest BCUT2D eigenvalue weighted by Gasteiger charge is 2.14. The second-order valence-corrected chi connectivity index (χ2v) is 4.63. The summed E-state index contributed by atoms with van der Waals surface area (Å²) in [5.74, 6) is 0.574. The van der Waals surface area contributed by atoms with Gasteiger partial charge in [0.2, 0.25) is 0 Å². The van der Waals surface area contributed by atoms with Gasteiger partial charge >= 0.3 is 0 Å². The number of halogens is 1. The van der Waals surface area contributed by atoms with Crippen molar-refractivity contribution in [2.45, 2.75) is 13.3 Å². The molecule has 0 saturated heterocycles. The van der Waals surface area contributed by atoms with Gasteiger partial charge in [-0.3, -0.25) is 9.48 Å². The van der Waals surface area contributed by atoms with E-state index in [0.717, 1.165) is 17.9 Å². The Morgan fingerprint density at radius 3 is 2.64 bits per heavy atom. The summed E-state index contributed by atoms with van der Waals surface area (Å²) in [6.07, 6.45) is 2.45. The minimum absolute atomic E-state index is 0. The SMILES string of the molecule is CCc1nn(C)cc1C(=O)Nc1ccc(OCCN)cc1.Cl. The standard InChI is InChI=1S/C15H20N4O2.ClH/c1-3-14-13(10-19(2)18-14)15(20)17-11-4-6-12(7-5-11)21-9-8-16;/h4-7,10H,3,8-9,16H2,1-2H3,(H,17,20);1H. The van der Waals surface area contributed by atoms with Gasteiger partial charge in [0.15, 0.2) is 0 Å². The third kappa shape index (κ3) is 4.47. The lowest BCUT2D eigenvalue weighted by Gasteiger charge is -2.07. The zero-order valence-corrected chi connectivity index (χ0v) is 13.5. The average molecular weight is 325 g/mol. The molecule has 6 nitrogen and oxygen atoms in total. The number of rotatable bonds is 6. The number of carbonyl (C=O) groups excluding carboxylic acids is 1. The summed E-state index contributed by atoms with van der Waals surface area (Å²) >= 11 is 0. The largest absolute Gasteiger partial charge is 0.492 e. The quantitative estimate of drug-likeness (QED) is 0.851. The molecular formula is C15H21ClN4O2. The second kappa shape index (κ2) is 8.41. The van der Waals surface area contributed by atoms with Gasteiger partial charge in [0.25, 0.3) is 5.91 Å². The summed E-state index contributed by atoms with van der Waals surface area (Å²) in [4.78, 5) is 12.3. The Hall–Kier alpha value is -2.05. The highest BCUT2D eigenvalue weighted by molar-refractivity contribution is 6.04. The normalized spacial score (nSPS) is 9.95. The van der Waals surface area contributed by atoms with E-state index in [1.807, 2.05) is 6.92 Å². The fourth-order valence-electron chi connectivity index (χ4n) is 2.00. The maximum atomic E-state index is 12.3. The molecule has 7 heteroatoms. The van der Waals surface area contributed by atoms with E-state index in [9.17, 15) is 4.79 Å². The lowest BCUT2D eigenvalue weighted by atomic mass is 10.2. The van der Waals surface area contributed by atoms with E-state index in [4.69, 9.17) is 10.5 Å². The van der Waals surface area contributed by atoms with Gasteiger partial charge < -0.3 is 15.8 Å². The van der Waals surface area contributed by atoms with Crippen LogP contribution in [0.3, 0.4) is 0 Å². The lowest BCUT2D eigenvalue weighted by molar-refractivity contribution is 0.102. The van der Waals surface area contributed by atoms with Crippen LogP contribution >= 0.6 is 12.4 Å². The summed E-state index contributed by atoms with van der Waals surface area (Å²) in [5.41, 5.74) is 7.48. The molecule has 1 heterocycles. The monoisotopic (exact) mass is 324 g/mol. The van der Waals surface area contributed by atoms with E-state index in [1.165, 1.54) is 0 Å². The summed E-state index contributed by atoms with van der Waals surface area (Å²) in [6.45, 7) is 2.92. The summed E-state index contributed by atoms with van der Waals surface area (Å²) < 4.78 is 7.04. The molecule has 22 heavy (non-hydrogen) atoms. The molecular weight excluding hydrogens is 304 g/mol. The van der Waals surface area contributed by atoms with Crippen molar-refractivity contribution in [3.8, 4) is 5.75 Å². The molecule has 0 bridgehead atoms. The molecule has 0 spiro atoms. The highest BCUT2D eigenvalue weighted by Crippen LogP contribution is 2.17. The molecule has 120 valence electrons. The topological polar surface area (TPSA) is 82.2 Å². The Labute approximate surface area is 136 Å². The Morgan fingerprint density at radius 2 is 2.05 bits per heavy atom. The molecule has 1 amide bonds. The van der Waals surface area contributed by atoms with Crippen molar-refractivity contribution in [1.82, 2.24) is 9.78 Å². The number of nitrogens with two attached hydrogens (primary N) is 1. The number of nitrogens with zero attached hydrogens (tertiary/aromatic N) is 2. The molecule has 0 atom stereocenters. The van der Waals surface area contributed by atoms with Gasteiger partial charge in [0, 0.05) is 25.5 Å². The fraction of sp³-hybridized carbons (Fsp3) is 0.333. The second-order valence-electron chi connectivity index (χ2n) is 4.63. The highest BCUT2D eigenvalue weighted by atomic mass is 35.5. The van der Waals surface area contributed by atoms with Crippen LogP contribution in [0.5, 0.6) is 5.75 Å². The van der Waals surface area contributed by atoms with Crippen molar-refractivity contribution < 1.29 is 9.53 Å². The predicted octanol–water partition coefficient (Wildman–Crippen LogP) is 1.99. The van der Waals surface area contributed by atoms with Crippen molar-refractivity contribution in [1.29, 1.82) is 0 Å². The van der Waals surface area contributed by atoms with Gasteiger partial charge in [-0.05, 0) is 30.7 Å². The number of hydrogen-bond acceptors (Lipinski definition) is 4. The van der Waals surface area contributed by atoms with Crippen LogP contribution in [0.4, 0.5) is 5.69 Å². The van der Waals surface area contributed by atoms with E-state index >= 15 is 0 Å². The number of nitrogens with one attached hydrogen (secondary N) is 1. The van der Waals surface area contributed by atoms with E-state index in [-0.39, 0.29) is 18.3 Å². The fourth-order valence-corrected chi connectivity index (χ4v) is 2.00. The Morgan fingerprint density at radius 1 is 1.36 bits per heavy atom. The van der Waals surface area contributed by atoms with E-state index in [0.29, 0.717) is 24.4 Å². The first-order valence-corrected chi connectivity index (χ1v) is 6.90. The van der Waals surface area contributed by atoms with Gasteiger partial charge in [-0.2, -0.15) is 5.10 Å². The first-order chi connectivity index (χ1) is 10.1. The van der Waals surface area contributed by atoms with Crippen molar-refractivity contribution in [3.63, 3.8) is 0 Å². The number of ether oxygens (including phenoxy) is 1. The van der Waals surface area contributed by atoms with Gasteiger partial charge in [0.1, 0.15) is 12.4 Å². The van der Waals surface area contributed by atoms with Crippen LogP contribution in [-0.2, 0) is 13.5 Å². The number of aromatic nitrogens is 2. The average Bonchev–Trinajstić information content (AvgIpc) is 2.88. The number of anilines is 1. The maximum Gasteiger partial charge on any atom is 0.259 e.